The van der Waals surface area contributed by atoms with E-state index < -0.39 is 21.7 Å². The van der Waals surface area contributed by atoms with Gasteiger partial charge in [0, 0.05) is 10.4 Å². The number of rotatable bonds is 5. The van der Waals surface area contributed by atoms with Gasteiger partial charge >= 0.3 is 6.09 Å². The Morgan fingerprint density at radius 3 is 2.34 bits per heavy atom. The van der Waals surface area contributed by atoms with Crippen LogP contribution in [0.5, 0.6) is 11.5 Å². The highest BCUT2D eigenvalue weighted by atomic mass is 35.5. The van der Waals surface area contributed by atoms with Crippen LogP contribution in [0, 0.1) is 18.3 Å². The first kappa shape index (κ1) is 28.1. The zero-order valence-corrected chi connectivity index (χ0v) is 22.6. The van der Waals surface area contributed by atoms with Gasteiger partial charge in [0.25, 0.3) is 10.0 Å². The van der Waals surface area contributed by atoms with Gasteiger partial charge in [0.2, 0.25) is 0 Å². The molecule has 3 aromatic rings. The Kier molecular flexibility index (Phi) is 9.26. The number of halogens is 1. The van der Waals surface area contributed by atoms with Gasteiger partial charge in [0.1, 0.15) is 23.2 Å². The third kappa shape index (κ3) is 6.94. The summed E-state index contributed by atoms with van der Waals surface area (Å²) in [5, 5.41) is 11.6. The molecule has 0 bridgehead atoms. The van der Waals surface area contributed by atoms with E-state index in [1.54, 1.807) is 45.9 Å². The number of amides is 1. The molecule has 0 N–H and O–H groups in total. The minimum Gasteiger partial charge on any atom is -0.456 e. The maximum Gasteiger partial charge on any atom is 0.430 e. The molecule has 8 nitrogen and oxygen atoms in total. The van der Waals surface area contributed by atoms with Crippen molar-refractivity contribution in [1.82, 2.24) is 4.98 Å². The Morgan fingerprint density at radius 2 is 1.80 bits per heavy atom. The summed E-state index contributed by atoms with van der Waals surface area (Å²) in [6, 6.07) is 10.7. The maximum absolute atomic E-state index is 13.4. The molecule has 3 rings (SSSR count). The number of carbonyl (C=O) groups is 1. The lowest BCUT2D eigenvalue weighted by Crippen LogP contribution is -2.41. The molecule has 0 radical (unpaired) electrons. The van der Waals surface area contributed by atoms with Crippen molar-refractivity contribution in [1.29, 1.82) is 5.26 Å². The average molecular weight is 536 g/mol. The smallest absolute Gasteiger partial charge is 0.430 e. The zero-order valence-electron chi connectivity index (χ0n) is 20.2. The number of sulfonamides is 1. The van der Waals surface area contributed by atoms with E-state index in [1.807, 2.05) is 19.9 Å². The van der Waals surface area contributed by atoms with Crippen molar-refractivity contribution in [3.05, 3.63) is 63.4 Å². The lowest BCUT2D eigenvalue weighted by Gasteiger charge is -2.25. The highest BCUT2D eigenvalue weighted by molar-refractivity contribution is 7.93. The Labute approximate surface area is 214 Å². The second kappa shape index (κ2) is 11.5. The second-order valence-electron chi connectivity index (χ2n) is 7.88. The molecule has 1 aromatic heterocycles. The lowest BCUT2D eigenvalue weighted by atomic mass is 10.2. The standard InChI is InChI=1S/C22H20ClN3O5S2.C2H6/c1-14-9-16(23)5-7-18(14)30-19-8-6-17(10-15(19)11-24)33(28,29)26(20-12-32-13-25-20)21(27)31-22(2,3)4;1-2/h5-10,12-13H,1-4H3;1-2H3. The van der Waals surface area contributed by atoms with E-state index in [0.29, 0.717) is 15.1 Å². The first-order chi connectivity index (χ1) is 16.4. The number of benzene rings is 2. The molecule has 0 saturated heterocycles. The number of hydrogen-bond acceptors (Lipinski definition) is 8. The van der Waals surface area contributed by atoms with E-state index in [-0.39, 0.29) is 22.0 Å². The molecule has 35 heavy (non-hydrogen) atoms. The van der Waals surface area contributed by atoms with Crippen LogP contribution in [0.4, 0.5) is 10.6 Å². The second-order valence-corrected chi connectivity index (χ2v) is 10.8. The fourth-order valence-corrected chi connectivity index (χ4v) is 4.83. The van der Waals surface area contributed by atoms with Crippen LogP contribution >= 0.6 is 22.9 Å². The van der Waals surface area contributed by atoms with Crippen LogP contribution in [0.15, 0.2) is 52.2 Å². The third-order valence-electron chi connectivity index (χ3n) is 4.15. The summed E-state index contributed by atoms with van der Waals surface area (Å²) in [6.07, 6.45) is -1.11. The number of nitrogens with zero attached hydrogens (tertiary/aromatic N) is 3. The maximum atomic E-state index is 13.4. The van der Waals surface area contributed by atoms with Crippen LogP contribution in [0.3, 0.4) is 0 Å². The topological polar surface area (TPSA) is 110 Å². The summed E-state index contributed by atoms with van der Waals surface area (Å²) in [5.41, 5.74) is 1.16. The summed E-state index contributed by atoms with van der Waals surface area (Å²) in [7, 11) is -4.45. The van der Waals surface area contributed by atoms with E-state index >= 15 is 0 Å². The molecule has 0 aliphatic heterocycles. The Morgan fingerprint density at radius 1 is 1.14 bits per heavy atom. The van der Waals surface area contributed by atoms with Crippen molar-refractivity contribution >= 4 is 44.9 Å². The number of anilines is 1. The number of aryl methyl sites for hydroxylation is 1. The molecule has 0 unspecified atom stereocenters. The largest absolute Gasteiger partial charge is 0.456 e. The fourth-order valence-electron chi connectivity index (χ4n) is 2.72. The number of carbonyl (C=O) groups excluding carboxylic acids is 1. The molecule has 0 aliphatic carbocycles. The van der Waals surface area contributed by atoms with E-state index in [4.69, 9.17) is 21.1 Å². The van der Waals surface area contributed by atoms with Crippen LogP contribution < -0.4 is 9.04 Å². The van der Waals surface area contributed by atoms with Crippen molar-refractivity contribution in [2.75, 3.05) is 4.31 Å². The molecule has 186 valence electrons. The van der Waals surface area contributed by atoms with Crippen LogP contribution in [-0.2, 0) is 14.8 Å². The summed E-state index contributed by atoms with van der Waals surface area (Å²) >= 11 is 7.09. The first-order valence-corrected chi connectivity index (χ1v) is 13.3. The summed E-state index contributed by atoms with van der Waals surface area (Å²) in [4.78, 5) is 16.5. The van der Waals surface area contributed by atoms with Crippen LogP contribution in [0.2, 0.25) is 5.02 Å². The van der Waals surface area contributed by atoms with Gasteiger partial charge in [-0.05, 0) is 69.7 Å². The van der Waals surface area contributed by atoms with Gasteiger partial charge in [-0.15, -0.1) is 15.6 Å². The quantitative estimate of drug-likeness (QED) is 0.348. The molecule has 2 aromatic carbocycles. The van der Waals surface area contributed by atoms with Gasteiger partial charge < -0.3 is 9.47 Å². The SMILES string of the molecule is CC.Cc1cc(Cl)ccc1Oc1ccc(S(=O)(=O)N(C(=O)OC(C)(C)C)c2cscn2)cc1C#N. The molecule has 0 saturated carbocycles. The molecule has 0 aliphatic rings. The van der Waals surface area contributed by atoms with Gasteiger partial charge in [-0.1, -0.05) is 25.4 Å². The average Bonchev–Trinajstić information content (AvgIpc) is 3.29. The van der Waals surface area contributed by atoms with Gasteiger partial charge in [-0.3, -0.25) is 0 Å². The molecule has 11 heteroatoms. The van der Waals surface area contributed by atoms with Crippen molar-refractivity contribution in [3.63, 3.8) is 0 Å². The monoisotopic (exact) mass is 535 g/mol. The minimum absolute atomic E-state index is 0.0344. The fraction of sp³-hybridized carbons (Fsp3) is 0.292. The van der Waals surface area contributed by atoms with Crippen molar-refractivity contribution in [3.8, 4) is 17.6 Å². The summed E-state index contributed by atoms with van der Waals surface area (Å²) < 4.78 is 38.4. The van der Waals surface area contributed by atoms with Crippen LogP contribution in [0.25, 0.3) is 0 Å². The molecular formula is C24H26ClN3O5S2. The molecule has 1 amide bonds. The molecule has 0 fully saturated rings. The predicted molar refractivity (Wildman–Crippen MR) is 137 cm³/mol. The summed E-state index contributed by atoms with van der Waals surface area (Å²) in [6.45, 7) is 10.7. The van der Waals surface area contributed by atoms with Crippen molar-refractivity contribution < 1.29 is 22.7 Å². The van der Waals surface area contributed by atoms with Crippen molar-refractivity contribution in [2.45, 2.75) is 52.0 Å². The normalized spacial score (nSPS) is 11.0. The van der Waals surface area contributed by atoms with Gasteiger partial charge in [-0.2, -0.15) is 5.26 Å². The molecular weight excluding hydrogens is 510 g/mol. The van der Waals surface area contributed by atoms with Crippen LogP contribution in [-0.4, -0.2) is 25.1 Å². The number of aromatic nitrogens is 1. The highest BCUT2D eigenvalue weighted by Gasteiger charge is 2.36. The first-order valence-electron chi connectivity index (χ1n) is 10.6. The van der Waals surface area contributed by atoms with Gasteiger partial charge in [0.15, 0.2) is 5.82 Å². The van der Waals surface area contributed by atoms with Crippen LogP contribution in [0.1, 0.15) is 45.7 Å². The lowest BCUT2D eigenvalue weighted by molar-refractivity contribution is 0.0608. The van der Waals surface area contributed by atoms with E-state index in [0.717, 1.165) is 23.0 Å². The predicted octanol–water partition coefficient (Wildman–Crippen LogP) is 6.93. The van der Waals surface area contributed by atoms with Crippen molar-refractivity contribution in [2.24, 2.45) is 0 Å². The zero-order chi connectivity index (χ0) is 26.4. The molecule has 1 heterocycles. The Hall–Kier alpha value is -3.13. The van der Waals surface area contributed by atoms with Gasteiger partial charge in [0.05, 0.1) is 16.0 Å². The number of nitriles is 1. The number of ether oxygens (including phenoxy) is 2. The van der Waals surface area contributed by atoms with E-state index in [1.165, 1.54) is 23.0 Å². The van der Waals surface area contributed by atoms with E-state index in [2.05, 4.69) is 4.98 Å². The Bertz CT molecular complexity index is 1330. The Balaban J connectivity index is 0.00000210. The summed E-state index contributed by atoms with van der Waals surface area (Å²) in [5.74, 6) is 0.508. The molecule has 0 spiro atoms. The highest BCUT2D eigenvalue weighted by Crippen LogP contribution is 2.33. The number of thiazole rings is 1. The van der Waals surface area contributed by atoms with Gasteiger partial charge in [-0.25, -0.2) is 18.2 Å². The third-order valence-corrected chi connectivity index (χ3v) is 6.63. The minimum atomic E-state index is -4.45. The van der Waals surface area contributed by atoms with E-state index in [9.17, 15) is 18.5 Å². The molecule has 0 atom stereocenters. The number of hydrogen-bond donors (Lipinski definition) is 0.